The number of hydrogen-bond acceptors (Lipinski definition) is 3. The number of piperidine rings is 1. The number of carbonyl (C=O) groups is 2. The van der Waals surface area contributed by atoms with E-state index in [1.54, 1.807) is 12.1 Å². The Morgan fingerprint density at radius 3 is 2.52 bits per heavy atom. The van der Waals surface area contributed by atoms with Crippen molar-refractivity contribution in [1.82, 2.24) is 10.2 Å². The highest BCUT2D eigenvalue weighted by Crippen LogP contribution is 2.15. The summed E-state index contributed by atoms with van der Waals surface area (Å²) in [5.41, 5.74) is 1.86. The van der Waals surface area contributed by atoms with Gasteiger partial charge in [0.2, 0.25) is 0 Å². The Morgan fingerprint density at radius 1 is 1.07 bits per heavy atom. The van der Waals surface area contributed by atoms with Gasteiger partial charge in [-0.1, -0.05) is 37.3 Å². The van der Waals surface area contributed by atoms with E-state index >= 15 is 0 Å². The largest absolute Gasteiger partial charge is 0.484 e. The van der Waals surface area contributed by atoms with Gasteiger partial charge < -0.3 is 15.0 Å². The third-order valence-corrected chi connectivity index (χ3v) is 4.89. The molecule has 2 aromatic carbocycles. The molecule has 0 spiro atoms. The highest BCUT2D eigenvalue weighted by molar-refractivity contribution is 5.94. The van der Waals surface area contributed by atoms with Gasteiger partial charge in [-0.05, 0) is 49.1 Å². The quantitative estimate of drug-likeness (QED) is 0.855. The lowest BCUT2D eigenvalue weighted by Crippen LogP contribution is -2.47. The zero-order chi connectivity index (χ0) is 19.1. The molecule has 1 fully saturated rings. The molecule has 0 bridgehead atoms. The van der Waals surface area contributed by atoms with E-state index < -0.39 is 0 Å². The van der Waals surface area contributed by atoms with E-state index in [2.05, 4.69) is 12.2 Å². The van der Waals surface area contributed by atoms with Gasteiger partial charge in [0.05, 0.1) is 0 Å². The van der Waals surface area contributed by atoms with Crippen molar-refractivity contribution in [2.75, 3.05) is 19.7 Å². The topological polar surface area (TPSA) is 58.6 Å². The molecule has 0 radical (unpaired) electrons. The lowest BCUT2D eigenvalue weighted by Gasteiger charge is -2.32. The van der Waals surface area contributed by atoms with Crippen LogP contribution in [0.3, 0.4) is 0 Å². The molecule has 5 nitrogen and oxygen atoms in total. The number of amides is 2. The molecule has 0 unspecified atom stereocenters. The zero-order valence-corrected chi connectivity index (χ0v) is 15.7. The summed E-state index contributed by atoms with van der Waals surface area (Å²) in [7, 11) is 0. The Bertz CT molecular complexity index is 768. The van der Waals surface area contributed by atoms with Crippen molar-refractivity contribution < 1.29 is 14.3 Å². The molecule has 1 aliphatic heterocycles. The average Bonchev–Trinajstić information content (AvgIpc) is 2.73. The average molecular weight is 366 g/mol. The van der Waals surface area contributed by atoms with Crippen LogP contribution in [-0.2, 0) is 11.2 Å². The Morgan fingerprint density at radius 2 is 1.81 bits per heavy atom. The first kappa shape index (κ1) is 19.0. The van der Waals surface area contributed by atoms with Gasteiger partial charge in [-0.3, -0.25) is 9.59 Å². The van der Waals surface area contributed by atoms with Gasteiger partial charge >= 0.3 is 0 Å². The van der Waals surface area contributed by atoms with Crippen molar-refractivity contribution in [2.24, 2.45) is 0 Å². The second-order valence-corrected chi connectivity index (χ2v) is 6.78. The molecular formula is C22H26N2O3. The fourth-order valence-electron chi connectivity index (χ4n) is 3.22. The molecule has 0 aromatic heterocycles. The number of nitrogens with zero attached hydrogens (tertiary/aromatic N) is 1. The van der Waals surface area contributed by atoms with E-state index in [4.69, 9.17) is 4.74 Å². The summed E-state index contributed by atoms with van der Waals surface area (Å²) < 4.78 is 5.65. The Kier molecular flexibility index (Phi) is 6.47. The number of ether oxygens (including phenoxy) is 1. The Labute approximate surface area is 160 Å². The van der Waals surface area contributed by atoms with E-state index in [0.717, 1.165) is 25.0 Å². The SMILES string of the molecule is CCc1cccc(OCC(=O)N2CCC(NC(=O)c3ccccc3)CC2)c1. The van der Waals surface area contributed by atoms with E-state index in [1.165, 1.54) is 5.56 Å². The molecule has 5 heteroatoms. The number of aryl methyl sites for hydroxylation is 1. The van der Waals surface area contributed by atoms with Gasteiger partial charge in [0.15, 0.2) is 6.61 Å². The maximum atomic E-state index is 12.4. The summed E-state index contributed by atoms with van der Waals surface area (Å²) in [5, 5.41) is 3.06. The van der Waals surface area contributed by atoms with E-state index in [-0.39, 0.29) is 24.5 Å². The minimum atomic E-state index is -0.0560. The summed E-state index contributed by atoms with van der Waals surface area (Å²) in [6, 6.07) is 17.1. The van der Waals surface area contributed by atoms with Crippen LogP contribution in [0.25, 0.3) is 0 Å². The lowest BCUT2D eigenvalue weighted by molar-refractivity contribution is -0.134. The first-order valence-corrected chi connectivity index (χ1v) is 9.51. The van der Waals surface area contributed by atoms with E-state index in [1.807, 2.05) is 47.4 Å². The van der Waals surface area contributed by atoms with Crippen LogP contribution in [0.15, 0.2) is 54.6 Å². The molecule has 1 saturated heterocycles. The number of likely N-dealkylation sites (tertiary alicyclic amines) is 1. The second-order valence-electron chi connectivity index (χ2n) is 6.78. The lowest BCUT2D eigenvalue weighted by atomic mass is 10.0. The van der Waals surface area contributed by atoms with Crippen LogP contribution >= 0.6 is 0 Å². The molecule has 2 amide bonds. The maximum Gasteiger partial charge on any atom is 0.260 e. The third-order valence-electron chi connectivity index (χ3n) is 4.89. The first-order valence-electron chi connectivity index (χ1n) is 9.51. The second kappa shape index (κ2) is 9.21. The standard InChI is InChI=1S/C22H26N2O3/c1-2-17-7-6-10-20(15-17)27-16-21(25)24-13-11-19(12-14-24)23-22(26)18-8-4-3-5-9-18/h3-10,15,19H,2,11-14,16H2,1H3,(H,23,26). The number of nitrogens with one attached hydrogen (secondary N) is 1. The van der Waals surface area contributed by atoms with Crippen LogP contribution in [-0.4, -0.2) is 42.5 Å². The normalized spacial score (nSPS) is 14.6. The fourth-order valence-corrected chi connectivity index (χ4v) is 3.22. The molecule has 0 saturated carbocycles. The number of carbonyl (C=O) groups excluding carboxylic acids is 2. The summed E-state index contributed by atoms with van der Waals surface area (Å²) in [6.45, 7) is 3.41. The Balaban J connectivity index is 1.43. The van der Waals surface area contributed by atoms with Gasteiger partial charge in [-0.15, -0.1) is 0 Å². The number of hydrogen-bond donors (Lipinski definition) is 1. The summed E-state index contributed by atoms with van der Waals surface area (Å²) in [5.74, 6) is 0.664. The van der Waals surface area contributed by atoms with Crippen LogP contribution < -0.4 is 10.1 Å². The molecule has 27 heavy (non-hydrogen) atoms. The van der Waals surface area contributed by atoms with Crippen LogP contribution in [0.1, 0.15) is 35.7 Å². The van der Waals surface area contributed by atoms with E-state index in [0.29, 0.717) is 18.7 Å². The predicted molar refractivity (Wildman–Crippen MR) is 105 cm³/mol. The maximum absolute atomic E-state index is 12.4. The van der Waals surface area contributed by atoms with Crippen molar-refractivity contribution in [3.63, 3.8) is 0 Å². The van der Waals surface area contributed by atoms with Crippen LogP contribution in [0, 0.1) is 0 Å². The minimum absolute atomic E-state index is 0.00950. The molecule has 0 aliphatic carbocycles. The number of benzene rings is 2. The van der Waals surface area contributed by atoms with Gasteiger partial charge in [0.1, 0.15) is 5.75 Å². The monoisotopic (exact) mass is 366 g/mol. The van der Waals surface area contributed by atoms with Crippen molar-refractivity contribution in [1.29, 1.82) is 0 Å². The highest BCUT2D eigenvalue weighted by Gasteiger charge is 2.24. The van der Waals surface area contributed by atoms with Crippen molar-refractivity contribution in [3.05, 3.63) is 65.7 Å². The Hall–Kier alpha value is -2.82. The van der Waals surface area contributed by atoms with E-state index in [9.17, 15) is 9.59 Å². The highest BCUT2D eigenvalue weighted by atomic mass is 16.5. The minimum Gasteiger partial charge on any atom is -0.484 e. The molecule has 1 aliphatic rings. The van der Waals surface area contributed by atoms with Gasteiger partial charge in [0, 0.05) is 24.7 Å². The van der Waals surface area contributed by atoms with Gasteiger partial charge in [-0.2, -0.15) is 0 Å². The van der Waals surface area contributed by atoms with Crippen molar-refractivity contribution in [2.45, 2.75) is 32.2 Å². The molecular weight excluding hydrogens is 340 g/mol. The molecule has 3 rings (SSSR count). The molecule has 1 N–H and O–H groups in total. The molecule has 2 aromatic rings. The number of rotatable bonds is 6. The van der Waals surface area contributed by atoms with Crippen LogP contribution in [0.2, 0.25) is 0 Å². The van der Waals surface area contributed by atoms with Crippen LogP contribution in [0.4, 0.5) is 0 Å². The fraction of sp³-hybridized carbons (Fsp3) is 0.364. The smallest absolute Gasteiger partial charge is 0.260 e. The van der Waals surface area contributed by atoms with Gasteiger partial charge in [-0.25, -0.2) is 0 Å². The molecule has 1 heterocycles. The van der Waals surface area contributed by atoms with Crippen LogP contribution in [0.5, 0.6) is 5.75 Å². The summed E-state index contributed by atoms with van der Waals surface area (Å²) in [4.78, 5) is 26.4. The third kappa shape index (κ3) is 5.33. The van der Waals surface area contributed by atoms with Crippen molar-refractivity contribution in [3.8, 4) is 5.75 Å². The summed E-state index contributed by atoms with van der Waals surface area (Å²) in [6.07, 6.45) is 2.46. The molecule has 0 atom stereocenters. The predicted octanol–water partition coefficient (Wildman–Crippen LogP) is 3.05. The van der Waals surface area contributed by atoms with Gasteiger partial charge in [0.25, 0.3) is 11.8 Å². The zero-order valence-electron chi connectivity index (χ0n) is 15.7. The summed E-state index contributed by atoms with van der Waals surface area (Å²) >= 11 is 0. The van der Waals surface area contributed by atoms with Crippen molar-refractivity contribution >= 4 is 11.8 Å². The first-order chi connectivity index (χ1) is 13.2. The molecule has 142 valence electrons.